The Balaban J connectivity index is 1.19. The lowest BCUT2D eigenvalue weighted by Crippen LogP contribution is -2.11. The molecule has 0 bridgehead atoms. The monoisotopic (exact) mass is 429 g/mol. The van der Waals surface area contributed by atoms with Crippen molar-refractivity contribution in [2.45, 2.75) is 39.3 Å². The number of imidazole rings is 1. The van der Waals surface area contributed by atoms with Gasteiger partial charge in [-0.05, 0) is 49.2 Å². The molecule has 8 nitrogen and oxygen atoms in total. The van der Waals surface area contributed by atoms with Crippen molar-refractivity contribution in [3.8, 4) is 17.0 Å². The van der Waals surface area contributed by atoms with Crippen molar-refractivity contribution in [1.29, 1.82) is 0 Å². The van der Waals surface area contributed by atoms with Crippen LogP contribution in [0.5, 0.6) is 5.75 Å². The minimum absolute atomic E-state index is 0.185. The molecule has 0 saturated carbocycles. The molecule has 1 aliphatic rings. The number of benzene rings is 2. The summed E-state index contributed by atoms with van der Waals surface area (Å²) in [5.74, 6) is 2.56. The molecule has 0 aliphatic carbocycles. The fraction of sp³-hybridized carbons (Fsp3) is 0.250. The molecule has 32 heavy (non-hydrogen) atoms. The summed E-state index contributed by atoms with van der Waals surface area (Å²) in [6.45, 7) is 2.97. The number of nitrogens with zero attached hydrogens (tertiary/aromatic N) is 4. The molecular formula is C24H23N5O3. The third kappa shape index (κ3) is 4.39. The van der Waals surface area contributed by atoms with Crippen LogP contribution in [-0.4, -0.2) is 25.6 Å². The molecule has 0 atom stereocenters. The lowest BCUT2D eigenvalue weighted by molar-refractivity contribution is 0.102. The first-order valence-corrected chi connectivity index (χ1v) is 10.6. The van der Waals surface area contributed by atoms with E-state index in [-0.39, 0.29) is 12.5 Å². The molecule has 0 saturated heterocycles. The number of anilines is 1. The Bertz CT molecular complexity index is 1200. The average molecular weight is 429 g/mol. The second-order valence-corrected chi connectivity index (χ2v) is 7.77. The Hall–Kier alpha value is -3.94. The summed E-state index contributed by atoms with van der Waals surface area (Å²) in [5.41, 5.74) is 3.30. The zero-order valence-electron chi connectivity index (χ0n) is 17.7. The summed E-state index contributed by atoms with van der Waals surface area (Å²) < 4.78 is 12.8. The molecule has 0 unspecified atom stereocenters. The van der Waals surface area contributed by atoms with E-state index in [9.17, 15) is 4.79 Å². The SMILES string of the molecule is Cc1nc(COc2ccc(C(=O)Nc3ccc(-c4cn5c(n4)CCCC5)cc3)cc2)no1. The molecule has 4 aromatic rings. The van der Waals surface area contributed by atoms with Gasteiger partial charge in [0, 0.05) is 42.9 Å². The molecule has 162 valence electrons. The van der Waals surface area contributed by atoms with E-state index in [1.807, 2.05) is 24.3 Å². The van der Waals surface area contributed by atoms with E-state index in [0.29, 0.717) is 23.0 Å². The standard InChI is InChI=1S/C24H23N5O3/c1-16-25-22(28-32-16)15-31-20-11-7-18(8-12-20)24(30)26-19-9-5-17(6-10-19)21-14-29-13-3-2-4-23(29)27-21/h5-12,14H,2-4,13,15H2,1H3,(H,26,30). The smallest absolute Gasteiger partial charge is 0.255 e. The lowest BCUT2D eigenvalue weighted by atomic mass is 10.1. The number of amides is 1. The van der Waals surface area contributed by atoms with Gasteiger partial charge in [0.2, 0.25) is 11.7 Å². The molecule has 5 rings (SSSR count). The van der Waals surface area contributed by atoms with Crippen LogP contribution in [0.15, 0.2) is 59.3 Å². The van der Waals surface area contributed by atoms with Gasteiger partial charge in [-0.25, -0.2) is 4.98 Å². The molecule has 2 aromatic heterocycles. The highest BCUT2D eigenvalue weighted by Crippen LogP contribution is 2.24. The highest BCUT2D eigenvalue weighted by Gasteiger charge is 2.13. The van der Waals surface area contributed by atoms with Gasteiger partial charge in [0.25, 0.3) is 5.91 Å². The maximum atomic E-state index is 12.6. The zero-order chi connectivity index (χ0) is 21.9. The summed E-state index contributed by atoms with van der Waals surface area (Å²) >= 11 is 0. The first-order valence-electron chi connectivity index (χ1n) is 10.6. The Morgan fingerprint density at radius 1 is 1.09 bits per heavy atom. The van der Waals surface area contributed by atoms with E-state index in [1.165, 1.54) is 12.8 Å². The van der Waals surface area contributed by atoms with Crippen molar-refractivity contribution in [1.82, 2.24) is 19.7 Å². The third-order valence-corrected chi connectivity index (χ3v) is 5.40. The van der Waals surface area contributed by atoms with Gasteiger partial charge in [-0.1, -0.05) is 17.3 Å². The molecule has 0 spiro atoms. The summed E-state index contributed by atoms with van der Waals surface area (Å²) in [6, 6.07) is 14.7. The Labute approximate surface area is 185 Å². The van der Waals surface area contributed by atoms with E-state index in [0.717, 1.165) is 35.7 Å². The summed E-state index contributed by atoms with van der Waals surface area (Å²) in [4.78, 5) is 21.4. The predicted molar refractivity (Wildman–Crippen MR) is 118 cm³/mol. The minimum Gasteiger partial charge on any atom is -0.485 e. The molecule has 8 heteroatoms. The van der Waals surface area contributed by atoms with Gasteiger partial charge in [-0.3, -0.25) is 4.79 Å². The van der Waals surface area contributed by atoms with Crippen molar-refractivity contribution in [2.75, 3.05) is 5.32 Å². The fourth-order valence-electron chi connectivity index (χ4n) is 3.73. The van der Waals surface area contributed by atoms with E-state index >= 15 is 0 Å². The van der Waals surface area contributed by atoms with Crippen LogP contribution >= 0.6 is 0 Å². The number of aromatic nitrogens is 4. The Kier molecular flexibility index (Phi) is 5.41. The van der Waals surface area contributed by atoms with Crippen molar-refractivity contribution in [2.24, 2.45) is 0 Å². The van der Waals surface area contributed by atoms with E-state index in [2.05, 4.69) is 26.2 Å². The maximum Gasteiger partial charge on any atom is 0.255 e. The lowest BCUT2D eigenvalue weighted by Gasteiger charge is -2.11. The minimum atomic E-state index is -0.185. The number of nitrogens with one attached hydrogen (secondary N) is 1. The van der Waals surface area contributed by atoms with Gasteiger partial charge in [0.05, 0.1) is 5.69 Å². The van der Waals surface area contributed by atoms with E-state index in [1.54, 1.807) is 31.2 Å². The summed E-state index contributed by atoms with van der Waals surface area (Å²) in [7, 11) is 0. The molecule has 0 fully saturated rings. The molecule has 0 radical (unpaired) electrons. The predicted octanol–water partition coefficient (Wildman–Crippen LogP) is 4.41. The van der Waals surface area contributed by atoms with Crippen molar-refractivity contribution in [3.63, 3.8) is 0 Å². The quantitative estimate of drug-likeness (QED) is 0.488. The maximum absolute atomic E-state index is 12.6. The molecular weight excluding hydrogens is 406 g/mol. The number of carbonyl (C=O) groups excluding carboxylic acids is 1. The van der Waals surface area contributed by atoms with Crippen LogP contribution in [-0.2, 0) is 19.6 Å². The van der Waals surface area contributed by atoms with Gasteiger partial charge >= 0.3 is 0 Å². The van der Waals surface area contributed by atoms with Crippen molar-refractivity contribution >= 4 is 11.6 Å². The van der Waals surface area contributed by atoms with Gasteiger partial charge in [0.15, 0.2) is 6.61 Å². The number of carbonyl (C=O) groups is 1. The number of aryl methyl sites for hydroxylation is 3. The first-order chi connectivity index (χ1) is 15.6. The average Bonchev–Trinajstić information content (AvgIpc) is 3.44. The fourth-order valence-corrected chi connectivity index (χ4v) is 3.73. The van der Waals surface area contributed by atoms with Crippen LogP contribution < -0.4 is 10.1 Å². The van der Waals surface area contributed by atoms with Crippen LogP contribution in [0.1, 0.15) is 40.7 Å². The number of hydrogen-bond acceptors (Lipinski definition) is 6. The second-order valence-electron chi connectivity index (χ2n) is 7.77. The van der Waals surface area contributed by atoms with Crippen LogP contribution in [0.4, 0.5) is 5.69 Å². The molecule has 1 amide bonds. The second kappa shape index (κ2) is 8.66. The van der Waals surface area contributed by atoms with Crippen LogP contribution in [0, 0.1) is 6.92 Å². The number of hydrogen-bond donors (Lipinski definition) is 1. The Morgan fingerprint density at radius 3 is 2.62 bits per heavy atom. The number of ether oxygens (including phenoxy) is 1. The molecule has 2 aromatic carbocycles. The topological polar surface area (TPSA) is 95.1 Å². The highest BCUT2D eigenvalue weighted by atomic mass is 16.5. The summed E-state index contributed by atoms with van der Waals surface area (Å²) in [6.07, 6.45) is 5.56. The zero-order valence-corrected chi connectivity index (χ0v) is 17.7. The number of fused-ring (bicyclic) bond motifs is 1. The van der Waals surface area contributed by atoms with Crippen LogP contribution in [0.25, 0.3) is 11.3 Å². The third-order valence-electron chi connectivity index (χ3n) is 5.40. The van der Waals surface area contributed by atoms with Crippen LogP contribution in [0.2, 0.25) is 0 Å². The number of rotatable bonds is 6. The van der Waals surface area contributed by atoms with E-state index < -0.39 is 0 Å². The van der Waals surface area contributed by atoms with Gasteiger partial charge in [-0.2, -0.15) is 4.98 Å². The van der Waals surface area contributed by atoms with Crippen LogP contribution in [0.3, 0.4) is 0 Å². The van der Waals surface area contributed by atoms with Crippen molar-refractivity contribution in [3.05, 3.63) is 77.8 Å². The van der Waals surface area contributed by atoms with Crippen molar-refractivity contribution < 1.29 is 14.1 Å². The first kappa shape index (κ1) is 20.0. The molecule has 3 heterocycles. The van der Waals surface area contributed by atoms with Gasteiger partial charge < -0.3 is 19.1 Å². The van der Waals surface area contributed by atoms with Gasteiger partial charge in [0.1, 0.15) is 11.6 Å². The molecule has 1 N–H and O–H groups in total. The normalized spacial score (nSPS) is 12.9. The summed E-state index contributed by atoms with van der Waals surface area (Å²) in [5, 5.41) is 6.71. The Morgan fingerprint density at radius 2 is 1.91 bits per heavy atom. The van der Waals surface area contributed by atoms with Gasteiger partial charge in [-0.15, -0.1) is 0 Å². The largest absolute Gasteiger partial charge is 0.485 e. The van der Waals surface area contributed by atoms with E-state index in [4.69, 9.17) is 14.2 Å². The highest BCUT2D eigenvalue weighted by molar-refractivity contribution is 6.04. The molecule has 1 aliphatic heterocycles.